The van der Waals surface area contributed by atoms with Gasteiger partial charge in [0.2, 0.25) is 0 Å². The van der Waals surface area contributed by atoms with Gasteiger partial charge in [-0.3, -0.25) is 0 Å². The second-order valence-electron chi connectivity index (χ2n) is 7.85. The summed E-state index contributed by atoms with van der Waals surface area (Å²) >= 11 is 0. The number of ether oxygens (including phenoxy) is 1. The van der Waals surface area contributed by atoms with E-state index < -0.39 is 11.7 Å². The van der Waals surface area contributed by atoms with Gasteiger partial charge < -0.3 is 14.4 Å². The summed E-state index contributed by atoms with van der Waals surface area (Å²) in [6, 6.07) is 11.6. The van der Waals surface area contributed by atoms with Crippen LogP contribution >= 0.6 is 0 Å². The SMILES string of the molecule is CC(=O)C[C@@H](C)c1ccc(OC2CCN(c3cc(C(F)(F)F)ccc3C)C2)cc1. The standard InChI is InChI=1S/C23H26F3NO2/c1-15-4-7-19(23(24,25)26)13-22(15)27-11-10-21(14-27)29-20-8-5-18(6-9-20)16(2)12-17(3)28/h4-9,13,16,21H,10-12,14H2,1-3H3/t16-,21?/m1/s1. The minimum Gasteiger partial charge on any atom is -0.489 e. The van der Waals surface area contributed by atoms with Crippen LogP contribution in [0.2, 0.25) is 0 Å². The molecule has 156 valence electrons. The maximum absolute atomic E-state index is 13.0. The molecule has 1 aliphatic rings. The summed E-state index contributed by atoms with van der Waals surface area (Å²) in [6.45, 7) is 6.63. The molecule has 0 radical (unpaired) electrons. The molecule has 1 unspecified atom stereocenters. The summed E-state index contributed by atoms with van der Waals surface area (Å²) in [5.74, 6) is 1.05. The number of benzene rings is 2. The summed E-state index contributed by atoms with van der Waals surface area (Å²) in [4.78, 5) is 13.2. The molecule has 1 heterocycles. The number of nitrogens with zero attached hydrogens (tertiary/aromatic N) is 1. The Bertz CT molecular complexity index is 861. The number of halogens is 3. The molecule has 0 bridgehead atoms. The molecule has 1 aliphatic heterocycles. The first-order chi connectivity index (χ1) is 13.6. The van der Waals surface area contributed by atoms with Crippen molar-refractivity contribution < 1.29 is 22.7 Å². The van der Waals surface area contributed by atoms with Crippen LogP contribution < -0.4 is 9.64 Å². The third-order valence-electron chi connectivity index (χ3n) is 5.37. The van der Waals surface area contributed by atoms with Gasteiger partial charge in [0, 0.05) is 25.1 Å². The van der Waals surface area contributed by atoms with Gasteiger partial charge in [-0.2, -0.15) is 13.2 Å². The first kappa shape index (κ1) is 21.2. The molecule has 6 heteroatoms. The van der Waals surface area contributed by atoms with Crippen LogP contribution in [0.1, 0.15) is 49.3 Å². The van der Waals surface area contributed by atoms with Crippen LogP contribution in [-0.2, 0) is 11.0 Å². The van der Waals surface area contributed by atoms with Crippen LogP contribution in [0.15, 0.2) is 42.5 Å². The number of Topliss-reactive ketones (excluding diaryl/α,β-unsaturated/α-hetero) is 1. The molecule has 3 rings (SSSR count). The third-order valence-corrected chi connectivity index (χ3v) is 5.37. The first-order valence-corrected chi connectivity index (χ1v) is 9.82. The van der Waals surface area contributed by atoms with Gasteiger partial charge in [0.15, 0.2) is 0 Å². The van der Waals surface area contributed by atoms with Gasteiger partial charge in [-0.05, 0) is 55.2 Å². The number of anilines is 1. The van der Waals surface area contributed by atoms with E-state index in [4.69, 9.17) is 4.74 Å². The molecular weight excluding hydrogens is 379 g/mol. The lowest BCUT2D eigenvalue weighted by atomic mass is 9.96. The molecule has 29 heavy (non-hydrogen) atoms. The first-order valence-electron chi connectivity index (χ1n) is 9.82. The molecule has 0 aromatic heterocycles. The van der Waals surface area contributed by atoms with Crippen molar-refractivity contribution in [2.24, 2.45) is 0 Å². The van der Waals surface area contributed by atoms with E-state index in [9.17, 15) is 18.0 Å². The largest absolute Gasteiger partial charge is 0.489 e. The number of aryl methyl sites for hydroxylation is 1. The molecule has 0 saturated carbocycles. The predicted molar refractivity (Wildman–Crippen MR) is 108 cm³/mol. The second kappa shape index (κ2) is 8.47. The minimum absolute atomic E-state index is 0.0792. The van der Waals surface area contributed by atoms with Crippen LogP contribution in [0, 0.1) is 6.92 Å². The predicted octanol–water partition coefficient (Wildman–Crippen LogP) is 5.75. The zero-order valence-electron chi connectivity index (χ0n) is 16.9. The van der Waals surface area contributed by atoms with E-state index in [0.717, 1.165) is 29.4 Å². The highest BCUT2D eigenvalue weighted by Gasteiger charge is 2.32. The quantitative estimate of drug-likeness (QED) is 0.612. The number of alkyl halides is 3. The maximum atomic E-state index is 13.0. The summed E-state index contributed by atoms with van der Waals surface area (Å²) in [5, 5.41) is 0. The Morgan fingerprint density at radius 3 is 2.52 bits per heavy atom. The molecule has 0 amide bonds. The van der Waals surface area contributed by atoms with Crippen LogP contribution in [-0.4, -0.2) is 25.0 Å². The lowest BCUT2D eigenvalue weighted by Crippen LogP contribution is -2.25. The van der Waals surface area contributed by atoms with Gasteiger partial charge in [0.1, 0.15) is 17.6 Å². The monoisotopic (exact) mass is 405 g/mol. The van der Waals surface area contributed by atoms with E-state index >= 15 is 0 Å². The number of hydrogen-bond acceptors (Lipinski definition) is 3. The highest BCUT2D eigenvalue weighted by Crippen LogP contribution is 2.35. The lowest BCUT2D eigenvalue weighted by molar-refractivity contribution is -0.137. The van der Waals surface area contributed by atoms with E-state index in [0.29, 0.717) is 25.2 Å². The third kappa shape index (κ3) is 5.31. The van der Waals surface area contributed by atoms with E-state index in [1.54, 1.807) is 6.92 Å². The second-order valence-corrected chi connectivity index (χ2v) is 7.85. The molecule has 0 spiro atoms. The van der Waals surface area contributed by atoms with Crippen molar-refractivity contribution in [2.75, 3.05) is 18.0 Å². The fraction of sp³-hybridized carbons (Fsp3) is 0.435. The highest BCUT2D eigenvalue weighted by molar-refractivity contribution is 5.76. The molecule has 2 aromatic carbocycles. The summed E-state index contributed by atoms with van der Waals surface area (Å²) in [5.41, 5.74) is 1.89. The zero-order valence-corrected chi connectivity index (χ0v) is 16.9. The average Bonchev–Trinajstić information content (AvgIpc) is 3.09. The fourth-order valence-electron chi connectivity index (χ4n) is 3.79. The van der Waals surface area contributed by atoms with Crippen molar-refractivity contribution >= 4 is 11.5 Å². The summed E-state index contributed by atoms with van der Waals surface area (Å²) < 4.78 is 45.2. The van der Waals surface area contributed by atoms with E-state index in [1.807, 2.05) is 43.0 Å². The Morgan fingerprint density at radius 1 is 1.21 bits per heavy atom. The molecule has 3 nitrogen and oxygen atoms in total. The minimum atomic E-state index is -4.35. The van der Waals surface area contributed by atoms with E-state index in [1.165, 1.54) is 12.1 Å². The maximum Gasteiger partial charge on any atom is 0.416 e. The van der Waals surface area contributed by atoms with Crippen LogP contribution in [0.5, 0.6) is 5.75 Å². The van der Waals surface area contributed by atoms with Crippen LogP contribution in [0.25, 0.3) is 0 Å². The number of rotatable bonds is 6. The van der Waals surface area contributed by atoms with Crippen molar-refractivity contribution in [1.29, 1.82) is 0 Å². The Hall–Kier alpha value is -2.50. The Labute approximate surface area is 169 Å². The summed E-state index contributed by atoms with van der Waals surface area (Å²) in [7, 11) is 0. The average molecular weight is 405 g/mol. The fourth-order valence-corrected chi connectivity index (χ4v) is 3.79. The Kier molecular flexibility index (Phi) is 6.20. The topological polar surface area (TPSA) is 29.5 Å². The Balaban J connectivity index is 1.64. The number of carbonyl (C=O) groups excluding carboxylic acids is 1. The van der Waals surface area contributed by atoms with Gasteiger partial charge in [0.05, 0.1) is 12.1 Å². The van der Waals surface area contributed by atoms with Crippen LogP contribution in [0.3, 0.4) is 0 Å². The smallest absolute Gasteiger partial charge is 0.416 e. The van der Waals surface area contributed by atoms with Gasteiger partial charge in [-0.1, -0.05) is 25.1 Å². The highest BCUT2D eigenvalue weighted by atomic mass is 19.4. The van der Waals surface area contributed by atoms with Gasteiger partial charge in [-0.25, -0.2) is 0 Å². The van der Waals surface area contributed by atoms with Crippen LogP contribution in [0.4, 0.5) is 18.9 Å². The van der Waals surface area contributed by atoms with Crippen molar-refractivity contribution in [3.05, 3.63) is 59.2 Å². The van der Waals surface area contributed by atoms with Gasteiger partial charge in [-0.15, -0.1) is 0 Å². The zero-order chi connectivity index (χ0) is 21.2. The molecule has 1 fully saturated rings. The molecule has 2 atom stereocenters. The number of ketones is 1. The van der Waals surface area contributed by atoms with Gasteiger partial charge >= 0.3 is 6.18 Å². The molecular formula is C23H26F3NO2. The lowest BCUT2D eigenvalue weighted by Gasteiger charge is -2.22. The molecule has 1 saturated heterocycles. The number of hydrogen-bond donors (Lipinski definition) is 0. The van der Waals surface area contributed by atoms with Crippen molar-refractivity contribution in [3.8, 4) is 5.75 Å². The number of carbonyl (C=O) groups is 1. The van der Waals surface area contributed by atoms with Gasteiger partial charge in [0.25, 0.3) is 0 Å². The normalized spacial score (nSPS) is 18.0. The van der Waals surface area contributed by atoms with Crippen molar-refractivity contribution in [1.82, 2.24) is 0 Å². The Morgan fingerprint density at radius 2 is 1.90 bits per heavy atom. The van der Waals surface area contributed by atoms with Crippen molar-refractivity contribution in [3.63, 3.8) is 0 Å². The summed E-state index contributed by atoms with van der Waals surface area (Å²) in [6.07, 6.45) is -3.17. The molecule has 0 aliphatic carbocycles. The van der Waals surface area contributed by atoms with E-state index in [2.05, 4.69) is 0 Å². The van der Waals surface area contributed by atoms with E-state index in [-0.39, 0.29) is 17.8 Å². The molecule has 2 aromatic rings. The van der Waals surface area contributed by atoms with Crippen molar-refractivity contribution in [2.45, 2.75) is 51.8 Å². The molecule has 0 N–H and O–H groups in total.